The number of hydrogen-bond acceptors (Lipinski definition) is 6. The normalized spacial score (nSPS) is 18.1. The molecule has 2 aliphatic rings. The average Bonchev–Trinajstić information content (AvgIpc) is 3.33. The largest absolute Gasteiger partial charge is 0.497 e. The molecule has 2 aromatic carbocycles. The smallest absolute Gasteiger partial charge is 0.251 e. The van der Waals surface area contributed by atoms with E-state index in [0.717, 1.165) is 28.6 Å². The Bertz CT molecular complexity index is 1160. The Balaban J connectivity index is 1.25. The van der Waals surface area contributed by atoms with E-state index in [1.807, 2.05) is 24.4 Å². The van der Waals surface area contributed by atoms with Crippen LogP contribution in [0.5, 0.6) is 17.2 Å². The number of benzene rings is 2. The number of nitrogens with one attached hydrogen (secondary N) is 2. The summed E-state index contributed by atoms with van der Waals surface area (Å²) in [7, 11) is 1.64. The van der Waals surface area contributed by atoms with Gasteiger partial charge in [-0.05, 0) is 42.3 Å². The molecule has 5 rings (SSSR count). The number of H-pyrrole nitrogens is 1. The standard InChI is InChI=1S/C23H23N3O5/c1-29-16-3-4-18-17(11-16)14(13-25-18)6-7-24-19-12-22(27)26(23(19)28)15-2-5-20-21(10-15)31-9-8-30-20/h2-5,10-11,13,19,24-25H,6-9,12H2,1H3/t19-/m1/s1. The molecular formula is C23H23N3O5. The molecule has 0 unspecified atom stereocenters. The molecule has 1 aromatic heterocycles. The van der Waals surface area contributed by atoms with Gasteiger partial charge in [-0.25, -0.2) is 4.90 Å². The van der Waals surface area contributed by atoms with E-state index in [-0.39, 0.29) is 18.2 Å². The van der Waals surface area contributed by atoms with Gasteiger partial charge in [0.25, 0.3) is 5.91 Å². The molecule has 0 radical (unpaired) electrons. The summed E-state index contributed by atoms with van der Waals surface area (Å²) in [4.78, 5) is 30.0. The third-order valence-electron chi connectivity index (χ3n) is 5.69. The maximum Gasteiger partial charge on any atom is 0.251 e. The van der Waals surface area contributed by atoms with Crippen LogP contribution in [0.3, 0.4) is 0 Å². The third-order valence-corrected chi connectivity index (χ3v) is 5.69. The highest BCUT2D eigenvalue weighted by Crippen LogP contribution is 2.35. The van der Waals surface area contributed by atoms with Gasteiger partial charge in [0, 0.05) is 29.7 Å². The molecular weight excluding hydrogens is 398 g/mol. The lowest BCUT2D eigenvalue weighted by Gasteiger charge is -2.21. The molecule has 0 spiro atoms. The van der Waals surface area contributed by atoms with Crippen molar-refractivity contribution in [1.82, 2.24) is 10.3 Å². The first kappa shape index (κ1) is 19.4. The van der Waals surface area contributed by atoms with E-state index in [2.05, 4.69) is 10.3 Å². The van der Waals surface area contributed by atoms with Gasteiger partial charge in [0.1, 0.15) is 19.0 Å². The van der Waals surface area contributed by atoms with Crippen LogP contribution in [0.1, 0.15) is 12.0 Å². The highest BCUT2D eigenvalue weighted by atomic mass is 16.6. The number of nitrogens with zero attached hydrogens (tertiary/aromatic N) is 1. The molecule has 0 bridgehead atoms. The van der Waals surface area contributed by atoms with Crippen LogP contribution in [0.25, 0.3) is 10.9 Å². The van der Waals surface area contributed by atoms with Crippen molar-refractivity contribution in [2.24, 2.45) is 0 Å². The van der Waals surface area contributed by atoms with Gasteiger partial charge in [-0.1, -0.05) is 0 Å². The van der Waals surface area contributed by atoms with Crippen molar-refractivity contribution in [3.05, 3.63) is 48.2 Å². The predicted molar refractivity (Wildman–Crippen MR) is 115 cm³/mol. The van der Waals surface area contributed by atoms with E-state index in [4.69, 9.17) is 14.2 Å². The molecule has 3 aromatic rings. The quantitative estimate of drug-likeness (QED) is 0.594. The van der Waals surface area contributed by atoms with Crippen molar-refractivity contribution in [3.8, 4) is 17.2 Å². The van der Waals surface area contributed by atoms with Crippen LogP contribution in [0, 0.1) is 0 Å². The van der Waals surface area contributed by atoms with E-state index in [9.17, 15) is 9.59 Å². The van der Waals surface area contributed by atoms with Crippen LogP contribution < -0.4 is 24.4 Å². The Hall–Kier alpha value is -3.52. The lowest BCUT2D eigenvalue weighted by atomic mass is 10.1. The Morgan fingerprint density at radius 3 is 2.81 bits per heavy atom. The molecule has 3 heterocycles. The number of fused-ring (bicyclic) bond motifs is 2. The maximum absolute atomic E-state index is 12.9. The fourth-order valence-electron chi connectivity index (χ4n) is 4.11. The third kappa shape index (κ3) is 3.59. The molecule has 1 fully saturated rings. The summed E-state index contributed by atoms with van der Waals surface area (Å²) in [5.74, 6) is 1.50. The van der Waals surface area contributed by atoms with Crippen molar-refractivity contribution in [3.63, 3.8) is 0 Å². The van der Waals surface area contributed by atoms with Gasteiger partial charge in [0.2, 0.25) is 5.91 Å². The molecule has 1 saturated heterocycles. The second-order valence-corrected chi connectivity index (χ2v) is 7.58. The van der Waals surface area contributed by atoms with Gasteiger partial charge in [-0.3, -0.25) is 9.59 Å². The average molecular weight is 421 g/mol. The van der Waals surface area contributed by atoms with Gasteiger partial charge in [-0.2, -0.15) is 0 Å². The highest BCUT2D eigenvalue weighted by Gasteiger charge is 2.39. The number of carbonyl (C=O) groups is 2. The molecule has 2 amide bonds. The van der Waals surface area contributed by atoms with Crippen LogP contribution in [-0.4, -0.2) is 49.7 Å². The predicted octanol–water partition coefficient (Wildman–Crippen LogP) is 2.41. The summed E-state index contributed by atoms with van der Waals surface area (Å²) < 4.78 is 16.4. The number of rotatable bonds is 6. The number of hydrogen-bond donors (Lipinski definition) is 2. The molecule has 1 atom stereocenters. The summed E-state index contributed by atoms with van der Waals surface area (Å²) in [5, 5.41) is 4.33. The van der Waals surface area contributed by atoms with E-state index in [1.54, 1.807) is 25.3 Å². The van der Waals surface area contributed by atoms with Gasteiger partial charge < -0.3 is 24.5 Å². The molecule has 2 aliphatic heterocycles. The van der Waals surface area contributed by atoms with E-state index < -0.39 is 6.04 Å². The molecule has 0 saturated carbocycles. The lowest BCUT2D eigenvalue weighted by molar-refractivity contribution is -0.121. The maximum atomic E-state index is 12.9. The number of carbonyl (C=O) groups excluding carboxylic acids is 2. The first-order valence-electron chi connectivity index (χ1n) is 10.3. The van der Waals surface area contributed by atoms with Gasteiger partial charge in [0.15, 0.2) is 11.5 Å². The van der Waals surface area contributed by atoms with E-state index in [1.165, 1.54) is 4.90 Å². The summed E-state index contributed by atoms with van der Waals surface area (Å²) in [6.45, 7) is 1.51. The second kappa shape index (κ2) is 7.96. The molecule has 160 valence electrons. The number of aromatic nitrogens is 1. The zero-order valence-electron chi connectivity index (χ0n) is 17.1. The SMILES string of the molecule is COc1ccc2[nH]cc(CCN[C@@H]3CC(=O)N(c4ccc5c(c4)OCCO5)C3=O)c2c1. The summed E-state index contributed by atoms with van der Waals surface area (Å²) in [6.07, 6.45) is 2.82. The number of aromatic amines is 1. The second-order valence-electron chi connectivity index (χ2n) is 7.58. The van der Waals surface area contributed by atoms with E-state index in [0.29, 0.717) is 36.9 Å². The first-order valence-corrected chi connectivity index (χ1v) is 10.3. The van der Waals surface area contributed by atoms with Gasteiger partial charge in [0.05, 0.1) is 25.3 Å². The Morgan fingerprint density at radius 1 is 1.13 bits per heavy atom. The Kier molecular flexibility index (Phi) is 4.99. The number of amides is 2. The van der Waals surface area contributed by atoms with Crippen molar-refractivity contribution >= 4 is 28.4 Å². The number of ether oxygens (including phenoxy) is 3. The number of anilines is 1. The van der Waals surface area contributed by atoms with E-state index >= 15 is 0 Å². The van der Waals surface area contributed by atoms with Crippen molar-refractivity contribution in [2.75, 3.05) is 31.8 Å². The minimum atomic E-state index is -0.541. The Morgan fingerprint density at radius 2 is 1.97 bits per heavy atom. The highest BCUT2D eigenvalue weighted by molar-refractivity contribution is 6.22. The minimum Gasteiger partial charge on any atom is -0.497 e. The van der Waals surface area contributed by atoms with Crippen LogP contribution in [0.4, 0.5) is 5.69 Å². The lowest BCUT2D eigenvalue weighted by Crippen LogP contribution is -2.39. The summed E-state index contributed by atoms with van der Waals surface area (Å²) >= 11 is 0. The zero-order valence-corrected chi connectivity index (χ0v) is 17.1. The van der Waals surface area contributed by atoms with Gasteiger partial charge in [-0.15, -0.1) is 0 Å². The van der Waals surface area contributed by atoms with Crippen molar-refractivity contribution in [2.45, 2.75) is 18.9 Å². The Labute approximate surface area is 179 Å². The topological polar surface area (TPSA) is 92.9 Å². The fraction of sp³-hybridized carbons (Fsp3) is 0.304. The first-order chi connectivity index (χ1) is 15.1. The zero-order chi connectivity index (χ0) is 21.4. The number of methoxy groups -OCH3 is 1. The molecule has 31 heavy (non-hydrogen) atoms. The molecule has 8 heteroatoms. The fourth-order valence-corrected chi connectivity index (χ4v) is 4.11. The van der Waals surface area contributed by atoms with Crippen LogP contribution in [-0.2, 0) is 16.0 Å². The molecule has 8 nitrogen and oxygen atoms in total. The van der Waals surface area contributed by atoms with Crippen LogP contribution in [0.15, 0.2) is 42.6 Å². The van der Waals surface area contributed by atoms with Crippen molar-refractivity contribution in [1.29, 1.82) is 0 Å². The molecule has 2 N–H and O–H groups in total. The molecule has 0 aliphatic carbocycles. The minimum absolute atomic E-state index is 0.134. The summed E-state index contributed by atoms with van der Waals surface area (Å²) in [6, 6.07) is 10.5. The summed E-state index contributed by atoms with van der Waals surface area (Å²) in [5.41, 5.74) is 2.67. The van der Waals surface area contributed by atoms with Crippen molar-refractivity contribution < 1.29 is 23.8 Å². The van der Waals surface area contributed by atoms with Crippen LogP contribution >= 0.6 is 0 Å². The monoisotopic (exact) mass is 421 g/mol. The number of imide groups is 1. The van der Waals surface area contributed by atoms with Crippen LogP contribution in [0.2, 0.25) is 0 Å². The van der Waals surface area contributed by atoms with Gasteiger partial charge >= 0.3 is 0 Å².